The SMILES string of the molecule is O=S(=O)(c1ccc(F)c(Cl)c1)N1CCN(CC2CCNCC2)CC1. The van der Waals surface area contributed by atoms with Crippen LogP contribution in [0.15, 0.2) is 23.1 Å². The number of benzene rings is 1. The Morgan fingerprint density at radius 2 is 1.83 bits per heavy atom. The van der Waals surface area contributed by atoms with Crippen LogP contribution in [0, 0.1) is 11.7 Å². The van der Waals surface area contributed by atoms with Crippen molar-refractivity contribution in [1.82, 2.24) is 14.5 Å². The molecule has 0 radical (unpaired) electrons. The summed E-state index contributed by atoms with van der Waals surface area (Å²) >= 11 is 5.72. The van der Waals surface area contributed by atoms with Crippen LogP contribution >= 0.6 is 11.6 Å². The molecule has 24 heavy (non-hydrogen) atoms. The van der Waals surface area contributed by atoms with Crippen molar-refractivity contribution in [3.05, 3.63) is 29.0 Å². The Kier molecular flexibility index (Phi) is 5.77. The maximum absolute atomic E-state index is 13.3. The fraction of sp³-hybridized carbons (Fsp3) is 0.625. The van der Waals surface area contributed by atoms with Crippen molar-refractivity contribution < 1.29 is 12.8 Å². The molecule has 0 aromatic heterocycles. The monoisotopic (exact) mass is 375 g/mol. The summed E-state index contributed by atoms with van der Waals surface area (Å²) in [5, 5.41) is 3.20. The molecule has 0 saturated carbocycles. The van der Waals surface area contributed by atoms with Crippen molar-refractivity contribution in [2.75, 3.05) is 45.8 Å². The van der Waals surface area contributed by atoms with Crippen molar-refractivity contribution in [3.63, 3.8) is 0 Å². The highest BCUT2D eigenvalue weighted by molar-refractivity contribution is 7.89. The Morgan fingerprint density at radius 3 is 2.46 bits per heavy atom. The molecule has 0 bridgehead atoms. The number of halogens is 2. The van der Waals surface area contributed by atoms with Gasteiger partial charge in [-0.05, 0) is 50.0 Å². The lowest BCUT2D eigenvalue weighted by molar-refractivity contribution is 0.152. The lowest BCUT2D eigenvalue weighted by atomic mass is 9.97. The highest BCUT2D eigenvalue weighted by atomic mass is 35.5. The first-order valence-electron chi connectivity index (χ1n) is 8.35. The summed E-state index contributed by atoms with van der Waals surface area (Å²) in [7, 11) is -3.61. The van der Waals surface area contributed by atoms with Crippen LogP contribution < -0.4 is 5.32 Å². The van der Waals surface area contributed by atoms with E-state index in [9.17, 15) is 12.8 Å². The summed E-state index contributed by atoms with van der Waals surface area (Å²) in [5.74, 6) is 0.0905. The number of sulfonamides is 1. The first-order valence-corrected chi connectivity index (χ1v) is 10.2. The summed E-state index contributed by atoms with van der Waals surface area (Å²) in [6.07, 6.45) is 2.37. The molecule has 0 spiro atoms. The standard InChI is InChI=1S/C16H23ClFN3O2S/c17-15-11-14(1-2-16(15)18)24(22,23)21-9-7-20(8-10-21)12-13-3-5-19-6-4-13/h1-2,11,13,19H,3-10,12H2. The minimum atomic E-state index is -3.61. The fourth-order valence-electron chi connectivity index (χ4n) is 3.37. The maximum atomic E-state index is 13.3. The minimum Gasteiger partial charge on any atom is -0.317 e. The molecule has 2 aliphatic rings. The van der Waals surface area contributed by atoms with Crippen LogP contribution in [0.3, 0.4) is 0 Å². The maximum Gasteiger partial charge on any atom is 0.243 e. The van der Waals surface area contributed by atoms with Crippen LogP contribution in [0.2, 0.25) is 5.02 Å². The summed E-state index contributed by atoms with van der Waals surface area (Å²) in [4.78, 5) is 2.40. The van der Waals surface area contributed by atoms with Gasteiger partial charge in [0.25, 0.3) is 0 Å². The third kappa shape index (κ3) is 4.08. The number of nitrogens with one attached hydrogen (secondary N) is 1. The highest BCUT2D eigenvalue weighted by Gasteiger charge is 2.29. The van der Waals surface area contributed by atoms with E-state index >= 15 is 0 Å². The normalized spacial score (nSPS) is 21.9. The van der Waals surface area contributed by atoms with E-state index in [2.05, 4.69) is 10.2 Å². The molecule has 0 amide bonds. The molecule has 2 aliphatic heterocycles. The Balaban J connectivity index is 1.59. The lowest BCUT2D eigenvalue weighted by Gasteiger charge is -2.36. The molecule has 8 heteroatoms. The quantitative estimate of drug-likeness (QED) is 0.871. The number of hydrogen-bond acceptors (Lipinski definition) is 4. The van der Waals surface area contributed by atoms with Gasteiger partial charge in [-0.1, -0.05) is 11.6 Å². The average molecular weight is 376 g/mol. The number of hydrogen-bond donors (Lipinski definition) is 1. The Labute approximate surface area is 147 Å². The predicted octanol–water partition coefficient (Wildman–Crippen LogP) is 1.79. The zero-order chi connectivity index (χ0) is 17.2. The molecule has 1 N–H and O–H groups in total. The van der Waals surface area contributed by atoms with E-state index in [1.54, 1.807) is 0 Å². The summed E-state index contributed by atoms with van der Waals surface area (Å²) in [5.41, 5.74) is 0. The second kappa shape index (κ2) is 7.66. The van der Waals surface area contributed by atoms with Crippen LogP contribution in [-0.4, -0.2) is 63.4 Å². The van der Waals surface area contributed by atoms with Gasteiger partial charge in [0.15, 0.2) is 0 Å². The van der Waals surface area contributed by atoms with E-state index in [0.29, 0.717) is 19.0 Å². The minimum absolute atomic E-state index is 0.0562. The third-order valence-electron chi connectivity index (χ3n) is 4.84. The van der Waals surface area contributed by atoms with E-state index in [0.717, 1.165) is 38.8 Å². The molecule has 2 heterocycles. The van der Waals surface area contributed by atoms with E-state index in [4.69, 9.17) is 11.6 Å². The molecule has 0 unspecified atom stereocenters. The number of piperazine rings is 1. The highest BCUT2D eigenvalue weighted by Crippen LogP contribution is 2.23. The molecule has 1 aromatic carbocycles. The molecule has 5 nitrogen and oxygen atoms in total. The molecule has 134 valence electrons. The molecule has 2 saturated heterocycles. The smallest absolute Gasteiger partial charge is 0.243 e. The second-order valence-corrected chi connectivity index (χ2v) is 8.82. The number of piperidine rings is 1. The van der Waals surface area contributed by atoms with E-state index < -0.39 is 15.8 Å². The van der Waals surface area contributed by atoms with Crippen molar-refractivity contribution in [3.8, 4) is 0 Å². The summed E-state index contributed by atoms with van der Waals surface area (Å²) < 4.78 is 40.1. The van der Waals surface area contributed by atoms with Gasteiger partial charge in [-0.15, -0.1) is 0 Å². The van der Waals surface area contributed by atoms with Gasteiger partial charge >= 0.3 is 0 Å². The number of nitrogens with zero attached hydrogens (tertiary/aromatic N) is 2. The van der Waals surface area contributed by atoms with Gasteiger partial charge in [-0.25, -0.2) is 12.8 Å². The van der Waals surface area contributed by atoms with Crippen molar-refractivity contribution in [2.24, 2.45) is 5.92 Å². The van der Waals surface area contributed by atoms with Gasteiger partial charge in [-0.2, -0.15) is 4.31 Å². The molecule has 0 aliphatic carbocycles. The van der Waals surface area contributed by atoms with Gasteiger partial charge in [0, 0.05) is 32.7 Å². The summed E-state index contributed by atoms with van der Waals surface area (Å²) in [6.45, 7) is 5.58. The topological polar surface area (TPSA) is 52.7 Å². The number of rotatable bonds is 4. The third-order valence-corrected chi connectivity index (χ3v) is 7.02. The van der Waals surface area contributed by atoms with Gasteiger partial charge in [0.05, 0.1) is 9.92 Å². The second-order valence-electron chi connectivity index (χ2n) is 6.47. The molecular weight excluding hydrogens is 353 g/mol. The Morgan fingerprint density at radius 1 is 1.17 bits per heavy atom. The van der Waals surface area contributed by atoms with Gasteiger partial charge in [-0.3, -0.25) is 0 Å². The first-order chi connectivity index (χ1) is 11.5. The summed E-state index contributed by atoms with van der Waals surface area (Å²) in [6, 6.07) is 3.56. The van der Waals surface area contributed by atoms with Crippen LogP contribution in [0.25, 0.3) is 0 Å². The first kappa shape index (κ1) is 18.1. The van der Waals surface area contributed by atoms with Gasteiger partial charge < -0.3 is 10.2 Å². The van der Waals surface area contributed by atoms with E-state index in [1.165, 1.54) is 29.3 Å². The van der Waals surface area contributed by atoms with Crippen LogP contribution in [0.4, 0.5) is 4.39 Å². The van der Waals surface area contributed by atoms with Crippen LogP contribution in [0.5, 0.6) is 0 Å². The van der Waals surface area contributed by atoms with Crippen LogP contribution in [-0.2, 0) is 10.0 Å². The molecule has 1 aromatic rings. The van der Waals surface area contributed by atoms with Crippen molar-refractivity contribution >= 4 is 21.6 Å². The Hall–Kier alpha value is -0.730. The average Bonchev–Trinajstić information content (AvgIpc) is 2.58. The zero-order valence-corrected chi connectivity index (χ0v) is 15.1. The fourth-order valence-corrected chi connectivity index (χ4v) is 5.06. The van der Waals surface area contributed by atoms with Crippen LogP contribution in [0.1, 0.15) is 12.8 Å². The van der Waals surface area contributed by atoms with Gasteiger partial charge in [0.1, 0.15) is 5.82 Å². The van der Waals surface area contributed by atoms with E-state index in [1.807, 2.05) is 0 Å². The lowest BCUT2D eigenvalue weighted by Crippen LogP contribution is -2.50. The van der Waals surface area contributed by atoms with Crippen molar-refractivity contribution in [1.29, 1.82) is 0 Å². The van der Waals surface area contributed by atoms with E-state index in [-0.39, 0.29) is 9.92 Å². The van der Waals surface area contributed by atoms with Gasteiger partial charge in [0.2, 0.25) is 10.0 Å². The predicted molar refractivity (Wildman–Crippen MR) is 92.2 cm³/mol. The molecule has 2 fully saturated rings. The molecular formula is C16H23ClFN3O2S. The largest absolute Gasteiger partial charge is 0.317 e. The molecule has 0 atom stereocenters. The zero-order valence-electron chi connectivity index (χ0n) is 13.5. The Bertz CT molecular complexity index is 672. The molecule has 3 rings (SSSR count). The van der Waals surface area contributed by atoms with Crippen molar-refractivity contribution in [2.45, 2.75) is 17.7 Å².